The smallest absolute Gasteiger partial charge is 0.234 e. The maximum atomic E-state index is 12.4. The van der Waals surface area contributed by atoms with Gasteiger partial charge in [-0.3, -0.25) is 9.36 Å². The van der Waals surface area contributed by atoms with Crippen LogP contribution in [0.4, 0.5) is 5.69 Å². The molecular weight excluding hydrogens is 488 g/mol. The van der Waals surface area contributed by atoms with Crippen molar-refractivity contribution in [3.8, 4) is 17.1 Å². The average molecular weight is 508 g/mol. The van der Waals surface area contributed by atoms with Crippen LogP contribution >= 0.6 is 39.3 Å². The number of amides is 1. The number of para-hydroxylation sites is 1. The van der Waals surface area contributed by atoms with Crippen molar-refractivity contribution >= 4 is 50.9 Å². The van der Waals surface area contributed by atoms with Gasteiger partial charge in [-0.15, -0.1) is 16.8 Å². The molecule has 1 N–H and O–H groups in total. The number of hydrogen-bond donors (Lipinski definition) is 1. The quantitative estimate of drug-likeness (QED) is 0.298. The lowest BCUT2D eigenvalue weighted by Gasteiger charge is -2.12. The molecule has 0 bridgehead atoms. The molecule has 3 rings (SSSR count). The number of nitrogens with zero attached hydrogens (tertiary/aromatic N) is 3. The van der Waals surface area contributed by atoms with Crippen molar-refractivity contribution < 1.29 is 9.53 Å². The predicted octanol–water partition coefficient (Wildman–Crippen LogP) is 5.68. The number of benzene rings is 2. The van der Waals surface area contributed by atoms with Gasteiger partial charge in [0.25, 0.3) is 0 Å². The van der Waals surface area contributed by atoms with Crippen LogP contribution in [0.5, 0.6) is 5.75 Å². The predicted molar refractivity (Wildman–Crippen MR) is 125 cm³/mol. The molecule has 0 saturated heterocycles. The number of hydrogen-bond acceptors (Lipinski definition) is 5. The molecule has 0 unspecified atom stereocenters. The molecule has 0 radical (unpaired) electrons. The van der Waals surface area contributed by atoms with Crippen molar-refractivity contribution in [3.63, 3.8) is 0 Å². The molecule has 0 fully saturated rings. The molecule has 1 amide bonds. The molecule has 0 saturated carbocycles. The summed E-state index contributed by atoms with van der Waals surface area (Å²) in [5.74, 6) is 1.37. The first-order chi connectivity index (χ1) is 14.5. The summed E-state index contributed by atoms with van der Waals surface area (Å²) in [7, 11) is 0. The molecule has 1 heterocycles. The van der Waals surface area contributed by atoms with E-state index in [1.165, 1.54) is 11.8 Å². The van der Waals surface area contributed by atoms with Crippen LogP contribution in [0.25, 0.3) is 11.4 Å². The second-order valence-electron chi connectivity index (χ2n) is 6.10. The first-order valence-electron chi connectivity index (χ1n) is 9.17. The minimum absolute atomic E-state index is 0.161. The highest BCUT2D eigenvalue weighted by Crippen LogP contribution is 2.31. The molecule has 0 aliphatic carbocycles. The summed E-state index contributed by atoms with van der Waals surface area (Å²) in [5.41, 5.74) is 1.40. The number of rotatable bonds is 9. The number of carbonyl (C=O) groups is 1. The van der Waals surface area contributed by atoms with Gasteiger partial charge >= 0.3 is 0 Å². The summed E-state index contributed by atoms with van der Waals surface area (Å²) in [5, 5.41) is 12.5. The summed E-state index contributed by atoms with van der Waals surface area (Å²) < 4.78 is 8.48. The fraction of sp³-hybridized carbons (Fsp3) is 0.190. The van der Waals surface area contributed by atoms with E-state index in [4.69, 9.17) is 16.3 Å². The van der Waals surface area contributed by atoms with E-state index in [9.17, 15) is 4.79 Å². The summed E-state index contributed by atoms with van der Waals surface area (Å²) in [6.07, 6.45) is 1.77. The molecule has 30 heavy (non-hydrogen) atoms. The SMILES string of the molecule is C=CCn1c(SCC(=O)Nc2ccc(Br)cc2Cl)nnc1-c1ccccc1OCC. The van der Waals surface area contributed by atoms with E-state index in [1.54, 1.807) is 18.2 Å². The standard InChI is InChI=1S/C21H20BrClN4O2S/c1-3-11-27-20(15-7-5-6-8-18(15)29-4-2)25-26-21(27)30-13-19(28)24-17-10-9-14(22)12-16(17)23/h3,5-10,12H,1,4,11,13H2,2H3,(H,24,28). The highest BCUT2D eigenvalue weighted by Gasteiger charge is 2.18. The number of thioether (sulfide) groups is 1. The zero-order chi connectivity index (χ0) is 21.5. The maximum Gasteiger partial charge on any atom is 0.234 e. The number of halogens is 2. The topological polar surface area (TPSA) is 69.0 Å². The fourth-order valence-corrected chi connectivity index (χ4v) is 4.20. The molecule has 0 aliphatic heterocycles. The Labute approximate surface area is 192 Å². The van der Waals surface area contributed by atoms with E-state index in [0.717, 1.165) is 15.8 Å². The van der Waals surface area contributed by atoms with Crippen LogP contribution in [0.1, 0.15) is 6.92 Å². The van der Waals surface area contributed by atoms with Crippen LogP contribution in [-0.2, 0) is 11.3 Å². The lowest BCUT2D eigenvalue weighted by molar-refractivity contribution is -0.113. The molecule has 0 atom stereocenters. The Bertz CT molecular complexity index is 1060. The van der Waals surface area contributed by atoms with Crippen LogP contribution in [0.2, 0.25) is 5.02 Å². The van der Waals surface area contributed by atoms with Gasteiger partial charge in [0.2, 0.25) is 5.91 Å². The summed E-state index contributed by atoms with van der Waals surface area (Å²) >= 11 is 10.8. The van der Waals surface area contributed by atoms with Gasteiger partial charge in [0.1, 0.15) is 5.75 Å². The average Bonchev–Trinajstić information content (AvgIpc) is 3.12. The van der Waals surface area contributed by atoms with E-state index >= 15 is 0 Å². The normalized spacial score (nSPS) is 10.6. The van der Waals surface area contributed by atoms with Crippen LogP contribution in [-0.4, -0.2) is 33.0 Å². The van der Waals surface area contributed by atoms with Crippen molar-refractivity contribution in [3.05, 3.63) is 64.6 Å². The molecule has 156 valence electrons. The highest BCUT2D eigenvalue weighted by molar-refractivity contribution is 9.10. The molecule has 9 heteroatoms. The van der Waals surface area contributed by atoms with Crippen molar-refractivity contribution in [2.24, 2.45) is 0 Å². The molecule has 3 aromatic rings. The van der Waals surface area contributed by atoms with E-state index in [1.807, 2.05) is 41.8 Å². The van der Waals surface area contributed by atoms with Gasteiger partial charge in [-0.1, -0.05) is 57.5 Å². The molecule has 2 aromatic carbocycles. The van der Waals surface area contributed by atoms with Gasteiger partial charge in [-0.05, 0) is 37.3 Å². The van der Waals surface area contributed by atoms with Crippen molar-refractivity contribution in [2.75, 3.05) is 17.7 Å². The monoisotopic (exact) mass is 506 g/mol. The summed E-state index contributed by atoms with van der Waals surface area (Å²) in [4.78, 5) is 12.4. The van der Waals surface area contributed by atoms with Gasteiger partial charge in [0.05, 0.1) is 28.6 Å². The Morgan fingerprint density at radius 3 is 2.87 bits per heavy atom. The second kappa shape index (κ2) is 10.7. The molecule has 0 spiro atoms. The lowest BCUT2D eigenvalue weighted by Crippen LogP contribution is -2.15. The van der Waals surface area contributed by atoms with E-state index < -0.39 is 0 Å². The van der Waals surface area contributed by atoms with Crippen molar-refractivity contribution in [2.45, 2.75) is 18.6 Å². The Morgan fingerprint density at radius 1 is 1.33 bits per heavy atom. The first kappa shape index (κ1) is 22.4. The third-order valence-corrected chi connectivity index (χ3v) is 5.77. The molecule has 1 aromatic heterocycles. The zero-order valence-corrected chi connectivity index (χ0v) is 19.4. The first-order valence-corrected chi connectivity index (χ1v) is 11.3. The Hall–Kier alpha value is -2.29. The largest absolute Gasteiger partial charge is 0.493 e. The second-order valence-corrected chi connectivity index (χ2v) is 8.36. The Balaban J connectivity index is 1.77. The molecule has 6 nitrogen and oxygen atoms in total. The highest BCUT2D eigenvalue weighted by atomic mass is 79.9. The number of carbonyl (C=O) groups excluding carboxylic acids is 1. The third kappa shape index (κ3) is 5.44. The minimum Gasteiger partial charge on any atom is -0.493 e. The number of nitrogens with one attached hydrogen (secondary N) is 1. The number of aromatic nitrogens is 3. The van der Waals surface area contributed by atoms with Gasteiger partial charge in [-0.2, -0.15) is 0 Å². The van der Waals surface area contributed by atoms with E-state index in [-0.39, 0.29) is 11.7 Å². The number of allylic oxidation sites excluding steroid dienone is 1. The number of ether oxygens (including phenoxy) is 1. The van der Waals surface area contributed by atoms with Gasteiger partial charge in [0, 0.05) is 11.0 Å². The lowest BCUT2D eigenvalue weighted by atomic mass is 10.2. The van der Waals surface area contributed by atoms with Gasteiger partial charge in [-0.25, -0.2) is 0 Å². The maximum absolute atomic E-state index is 12.4. The van der Waals surface area contributed by atoms with Crippen LogP contribution in [0.15, 0.2) is 64.7 Å². The van der Waals surface area contributed by atoms with Crippen molar-refractivity contribution in [1.82, 2.24) is 14.8 Å². The van der Waals surface area contributed by atoms with Gasteiger partial charge in [0.15, 0.2) is 11.0 Å². The Kier molecular flexibility index (Phi) is 7.95. The zero-order valence-electron chi connectivity index (χ0n) is 16.3. The molecule has 0 aliphatic rings. The van der Waals surface area contributed by atoms with Gasteiger partial charge < -0.3 is 10.1 Å². The summed E-state index contributed by atoms with van der Waals surface area (Å²) in [6, 6.07) is 13.0. The third-order valence-electron chi connectivity index (χ3n) is 3.99. The minimum atomic E-state index is -0.186. The molecular formula is C21H20BrClN4O2S. The van der Waals surface area contributed by atoms with E-state index in [2.05, 4.69) is 38.0 Å². The Morgan fingerprint density at radius 2 is 2.13 bits per heavy atom. The van der Waals surface area contributed by atoms with Crippen LogP contribution < -0.4 is 10.1 Å². The van der Waals surface area contributed by atoms with Crippen molar-refractivity contribution in [1.29, 1.82) is 0 Å². The fourth-order valence-electron chi connectivity index (χ4n) is 2.73. The van der Waals surface area contributed by atoms with Crippen LogP contribution in [0, 0.1) is 0 Å². The summed E-state index contributed by atoms with van der Waals surface area (Å²) in [6.45, 7) is 6.81. The van der Waals surface area contributed by atoms with Crippen LogP contribution in [0.3, 0.4) is 0 Å². The number of anilines is 1. The van der Waals surface area contributed by atoms with E-state index in [0.29, 0.717) is 34.8 Å².